The molecule has 0 unspecified atom stereocenters. The van der Waals surface area contributed by atoms with Gasteiger partial charge in [-0.1, -0.05) is 12.1 Å². The largest absolute Gasteiger partial charge is 0.398 e. The fourth-order valence-electron chi connectivity index (χ4n) is 1.26. The first-order valence-electron chi connectivity index (χ1n) is 3.78. The van der Waals surface area contributed by atoms with Gasteiger partial charge in [-0.25, -0.2) is 9.37 Å². The van der Waals surface area contributed by atoms with Crippen molar-refractivity contribution in [1.82, 2.24) is 4.98 Å². The highest BCUT2D eigenvalue weighted by Crippen LogP contribution is 2.23. The molecule has 2 aromatic rings. The number of aromatic nitrogens is 1. The molecule has 0 saturated heterocycles. The number of hydrogen-bond donors (Lipinski definition) is 2. The number of halogens is 1. The molecular formula is C9H8FN3. The van der Waals surface area contributed by atoms with Crippen molar-refractivity contribution in [3.05, 3.63) is 30.1 Å². The average molecular weight is 177 g/mol. The van der Waals surface area contributed by atoms with Crippen molar-refractivity contribution in [2.24, 2.45) is 0 Å². The maximum atomic E-state index is 13.2. The van der Waals surface area contributed by atoms with E-state index >= 15 is 0 Å². The molecule has 0 fully saturated rings. The van der Waals surface area contributed by atoms with Crippen LogP contribution >= 0.6 is 0 Å². The second kappa shape index (κ2) is 2.58. The van der Waals surface area contributed by atoms with E-state index < -0.39 is 5.82 Å². The standard InChI is InChI=1S/C9H8FN3/c10-6-3-1-2-5-7(11)4-8(12)13-9(5)6/h1-4H,(H4,11,12,13). The first-order chi connectivity index (χ1) is 6.18. The smallest absolute Gasteiger partial charge is 0.149 e. The first-order valence-corrected chi connectivity index (χ1v) is 3.78. The summed E-state index contributed by atoms with van der Waals surface area (Å²) in [7, 11) is 0. The van der Waals surface area contributed by atoms with Crippen LogP contribution < -0.4 is 11.5 Å². The Hall–Kier alpha value is -1.84. The Kier molecular flexibility index (Phi) is 1.55. The monoisotopic (exact) mass is 177 g/mol. The number of para-hydroxylation sites is 1. The number of benzene rings is 1. The Morgan fingerprint density at radius 2 is 2.00 bits per heavy atom. The topological polar surface area (TPSA) is 64.9 Å². The van der Waals surface area contributed by atoms with E-state index in [9.17, 15) is 4.39 Å². The normalized spacial score (nSPS) is 10.5. The highest BCUT2D eigenvalue weighted by atomic mass is 19.1. The highest BCUT2D eigenvalue weighted by molar-refractivity contribution is 5.91. The summed E-state index contributed by atoms with van der Waals surface area (Å²) in [6.07, 6.45) is 0. The summed E-state index contributed by atoms with van der Waals surface area (Å²) < 4.78 is 13.2. The molecule has 2 rings (SSSR count). The van der Waals surface area contributed by atoms with Crippen LogP contribution in [0.2, 0.25) is 0 Å². The first kappa shape index (κ1) is 7.79. The molecule has 4 heteroatoms. The number of nitrogens with zero attached hydrogens (tertiary/aromatic N) is 1. The average Bonchev–Trinajstić information content (AvgIpc) is 2.07. The van der Waals surface area contributed by atoms with Crippen LogP contribution in [-0.2, 0) is 0 Å². The number of nitrogens with two attached hydrogens (primary N) is 2. The third-order valence-electron chi connectivity index (χ3n) is 1.84. The van der Waals surface area contributed by atoms with Crippen LogP contribution in [0, 0.1) is 5.82 Å². The molecule has 1 aromatic heterocycles. The molecule has 13 heavy (non-hydrogen) atoms. The minimum absolute atomic E-state index is 0.222. The van der Waals surface area contributed by atoms with E-state index in [1.807, 2.05) is 0 Å². The van der Waals surface area contributed by atoms with Crippen LogP contribution in [0.3, 0.4) is 0 Å². The molecule has 66 valence electrons. The zero-order chi connectivity index (χ0) is 9.42. The van der Waals surface area contributed by atoms with E-state index in [2.05, 4.69) is 4.98 Å². The molecule has 4 N–H and O–H groups in total. The Labute approximate surface area is 74.2 Å². The van der Waals surface area contributed by atoms with Crippen LogP contribution in [0.15, 0.2) is 24.3 Å². The molecule has 1 aromatic carbocycles. The summed E-state index contributed by atoms with van der Waals surface area (Å²) >= 11 is 0. The van der Waals surface area contributed by atoms with E-state index in [4.69, 9.17) is 11.5 Å². The fraction of sp³-hybridized carbons (Fsp3) is 0. The summed E-state index contributed by atoms with van der Waals surface area (Å²) in [5, 5.41) is 0.592. The Bertz CT molecular complexity index is 468. The van der Waals surface area contributed by atoms with Crippen molar-refractivity contribution in [2.45, 2.75) is 0 Å². The van der Waals surface area contributed by atoms with Gasteiger partial charge in [0.2, 0.25) is 0 Å². The Balaban J connectivity index is 2.94. The fourth-order valence-corrected chi connectivity index (χ4v) is 1.26. The number of pyridine rings is 1. The molecule has 3 nitrogen and oxygen atoms in total. The lowest BCUT2D eigenvalue weighted by molar-refractivity contribution is 0.637. The molecule has 0 amide bonds. The van der Waals surface area contributed by atoms with Crippen LogP contribution in [0.4, 0.5) is 15.9 Å². The van der Waals surface area contributed by atoms with Gasteiger partial charge in [-0.3, -0.25) is 0 Å². The number of fused-ring (bicyclic) bond motifs is 1. The SMILES string of the molecule is Nc1cc(N)c2cccc(F)c2n1. The summed E-state index contributed by atoms with van der Waals surface area (Å²) in [4.78, 5) is 3.86. The summed E-state index contributed by atoms with van der Waals surface area (Å²) in [6.45, 7) is 0. The number of hydrogen-bond acceptors (Lipinski definition) is 3. The molecular weight excluding hydrogens is 169 g/mol. The maximum Gasteiger partial charge on any atom is 0.149 e. The summed E-state index contributed by atoms with van der Waals surface area (Å²) in [6, 6.07) is 6.14. The second-order valence-corrected chi connectivity index (χ2v) is 2.77. The Morgan fingerprint density at radius 3 is 2.77 bits per heavy atom. The minimum atomic E-state index is -0.406. The molecule has 0 saturated carbocycles. The summed E-state index contributed by atoms with van der Waals surface area (Å²) in [5.74, 6) is -0.174. The zero-order valence-electron chi connectivity index (χ0n) is 6.79. The molecule has 0 aliphatic heterocycles. The van der Waals surface area contributed by atoms with Gasteiger partial charge in [-0.2, -0.15) is 0 Å². The molecule has 0 spiro atoms. The van der Waals surface area contributed by atoms with E-state index in [-0.39, 0.29) is 11.3 Å². The quantitative estimate of drug-likeness (QED) is 0.641. The van der Waals surface area contributed by atoms with Gasteiger partial charge in [-0.15, -0.1) is 0 Å². The van der Waals surface area contributed by atoms with Gasteiger partial charge in [0.15, 0.2) is 0 Å². The van der Waals surface area contributed by atoms with Crippen molar-refractivity contribution in [3.63, 3.8) is 0 Å². The minimum Gasteiger partial charge on any atom is -0.398 e. The second-order valence-electron chi connectivity index (χ2n) is 2.77. The van der Waals surface area contributed by atoms with E-state index in [1.54, 1.807) is 12.1 Å². The molecule has 0 radical (unpaired) electrons. The zero-order valence-corrected chi connectivity index (χ0v) is 6.79. The van der Waals surface area contributed by atoms with Crippen molar-refractivity contribution in [3.8, 4) is 0 Å². The van der Waals surface area contributed by atoms with Crippen molar-refractivity contribution in [1.29, 1.82) is 0 Å². The van der Waals surface area contributed by atoms with Gasteiger partial charge in [0, 0.05) is 17.1 Å². The number of anilines is 2. The lowest BCUT2D eigenvalue weighted by Crippen LogP contribution is -1.96. The number of nitrogen functional groups attached to an aromatic ring is 2. The molecule has 0 aliphatic rings. The molecule has 0 bridgehead atoms. The van der Waals surface area contributed by atoms with Gasteiger partial charge in [0.05, 0.1) is 0 Å². The van der Waals surface area contributed by atoms with Gasteiger partial charge in [0.1, 0.15) is 17.2 Å². The van der Waals surface area contributed by atoms with Gasteiger partial charge < -0.3 is 11.5 Å². The maximum absolute atomic E-state index is 13.2. The van der Waals surface area contributed by atoms with Crippen molar-refractivity contribution < 1.29 is 4.39 Å². The predicted octanol–water partition coefficient (Wildman–Crippen LogP) is 1.54. The van der Waals surface area contributed by atoms with E-state index in [0.29, 0.717) is 11.1 Å². The van der Waals surface area contributed by atoms with Crippen LogP contribution in [0.1, 0.15) is 0 Å². The van der Waals surface area contributed by atoms with E-state index in [0.717, 1.165) is 0 Å². The molecule has 1 heterocycles. The highest BCUT2D eigenvalue weighted by Gasteiger charge is 2.04. The van der Waals surface area contributed by atoms with Crippen LogP contribution in [0.5, 0.6) is 0 Å². The summed E-state index contributed by atoms with van der Waals surface area (Å²) in [5.41, 5.74) is 11.7. The third-order valence-corrected chi connectivity index (χ3v) is 1.84. The van der Waals surface area contributed by atoms with Crippen molar-refractivity contribution >= 4 is 22.4 Å². The van der Waals surface area contributed by atoms with Crippen molar-refractivity contribution in [2.75, 3.05) is 11.5 Å². The van der Waals surface area contributed by atoms with Crippen LogP contribution in [-0.4, -0.2) is 4.98 Å². The Morgan fingerprint density at radius 1 is 1.23 bits per heavy atom. The van der Waals surface area contributed by atoms with E-state index in [1.165, 1.54) is 12.1 Å². The molecule has 0 aliphatic carbocycles. The molecule has 0 atom stereocenters. The third kappa shape index (κ3) is 1.16. The lowest BCUT2D eigenvalue weighted by atomic mass is 10.2. The van der Waals surface area contributed by atoms with Gasteiger partial charge >= 0.3 is 0 Å². The predicted molar refractivity (Wildman–Crippen MR) is 50.5 cm³/mol. The lowest BCUT2D eigenvalue weighted by Gasteiger charge is -2.03. The number of rotatable bonds is 0. The van der Waals surface area contributed by atoms with Gasteiger partial charge in [0.25, 0.3) is 0 Å². The van der Waals surface area contributed by atoms with Crippen LogP contribution in [0.25, 0.3) is 10.9 Å². The van der Waals surface area contributed by atoms with Gasteiger partial charge in [-0.05, 0) is 6.07 Å².